The van der Waals surface area contributed by atoms with E-state index in [0.717, 1.165) is 34.6 Å². The summed E-state index contributed by atoms with van der Waals surface area (Å²) in [6.45, 7) is 4.89. The molecule has 0 N–H and O–H groups in total. The SMILES string of the molecule is CCCc1ccc(C=CC(=S)c2ccccc2)cc1OCC. The van der Waals surface area contributed by atoms with Crippen LogP contribution in [0.15, 0.2) is 54.6 Å². The van der Waals surface area contributed by atoms with Crippen LogP contribution in [-0.4, -0.2) is 11.5 Å². The standard InChI is InChI=1S/C20H22OS/c1-3-8-17-13-11-16(15-19(17)21-4-2)12-14-20(22)18-9-6-5-7-10-18/h5-7,9-15H,3-4,8H2,1-2H3. The first-order chi connectivity index (χ1) is 10.7. The predicted molar refractivity (Wildman–Crippen MR) is 98.8 cm³/mol. The van der Waals surface area contributed by atoms with Crippen molar-refractivity contribution in [3.05, 3.63) is 71.3 Å². The van der Waals surface area contributed by atoms with Crippen molar-refractivity contribution < 1.29 is 4.74 Å². The molecule has 22 heavy (non-hydrogen) atoms. The van der Waals surface area contributed by atoms with E-state index in [-0.39, 0.29) is 0 Å². The zero-order valence-corrected chi connectivity index (χ0v) is 14.0. The van der Waals surface area contributed by atoms with Gasteiger partial charge in [-0.05, 0) is 42.2 Å². The van der Waals surface area contributed by atoms with Crippen LogP contribution in [0.3, 0.4) is 0 Å². The summed E-state index contributed by atoms with van der Waals surface area (Å²) in [6.07, 6.45) is 6.19. The third-order valence-corrected chi connectivity index (χ3v) is 3.77. The fraction of sp³-hybridized carbons (Fsp3) is 0.250. The van der Waals surface area contributed by atoms with Crippen LogP contribution in [0, 0.1) is 0 Å². The Kier molecular flexibility index (Phi) is 6.35. The van der Waals surface area contributed by atoms with E-state index in [0.29, 0.717) is 6.61 Å². The molecule has 0 fully saturated rings. The van der Waals surface area contributed by atoms with Crippen molar-refractivity contribution in [1.29, 1.82) is 0 Å². The van der Waals surface area contributed by atoms with Crippen molar-refractivity contribution in [3.63, 3.8) is 0 Å². The lowest BCUT2D eigenvalue weighted by atomic mass is 10.0. The molecule has 0 heterocycles. The zero-order valence-electron chi connectivity index (χ0n) is 13.2. The van der Waals surface area contributed by atoms with Gasteiger partial charge in [0.1, 0.15) is 5.75 Å². The van der Waals surface area contributed by atoms with Crippen molar-refractivity contribution >= 4 is 23.2 Å². The summed E-state index contributed by atoms with van der Waals surface area (Å²) in [5, 5.41) is 0. The van der Waals surface area contributed by atoms with Gasteiger partial charge < -0.3 is 4.74 Å². The fourth-order valence-electron chi connectivity index (χ4n) is 2.31. The van der Waals surface area contributed by atoms with E-state index in [9.17, 15) is 0 Å². The highest BCUT2D eigenvalue weighted by atomic mass is 32.1. The summed E-state index contributed by atoms with van der Waals surface area (Å²) in [6, 6.07) is 16.4. The van der Waals surface area contributed by atoms with Crippen molar-refractivity contribution in [2.45, 2.75) is 26.7 Å². The first kappa shape index (κ1) is 16.4. The van der Waals surface area contributed by atoms with Crippen LogP contribution in [0.1, 0.15) is 37.0 Å². The Labute approximate surface area is 138 Å². The maximum atomic E-state index is 5.75. The topological polar surface area (TPSA) is 9.23 Å². The lowest BCUT2D eigenvalue weighted by molar-refractivity contribution is 0.336. The Hall–Kier alpha value is -1.93. The molecule has 0 amide bonds. The number of rotatable bonds is 7. The fourth-order valence-corrected chi connectivity index (χ4v) is 2.52. The summed E-state index contributed by atoms with van der Waals surface area (Å²) in [7, 11) is 0. The predicted octanol–water partition coefficient (Wildman–Crippen LogP) is 5.47. The van der Waals surface area contributed by atoms with Gasteiger partial charge in [0.2, 0.25) is 0 Å². The van der Waals surface area contributed by atoms with Crippen LogP contribution in [0.2, 0.25) is 0 Å². The minimum atomic E-state index is 0.687. The second-order valence-electron chi connectivity index (χ2n) is 5.11. The summed E-state index contributed by atoms with van der Waals surface area (Å²) in [4.78, 5) is 0.844. The van der Waals surface area contributed by atoms with Crippen LogP contribution < -0.4 is 4.74 Å². The Morgan fingerprint density at radius 1 is 1.09 bits per heavy atom. The molecule has 1 nitrogen and oxygen atoms in total. The van der Waals surface area contributed by atoms with E-state index >= 15 is 0 Å². The Bertz CT molecular complexity index is 644. The Morgan fingerprint density at radius 2 is 1.86 bits per heavy atom. The molecule has 0 saturated carbocycles. The zero-order chi connectivity index (χ0) is 15.8. The molecule has 2 rings (SSSR count). The van der Waals surface area contributed by atoms with Gasteiger partial charge in [0.25, 0.3) is 0 Å². The van der Waals surface area contributed by atoms with Gasteiger partial charge in [-0.15, -0.1) is 0 Å². The molecule has 0 bridgehead atoms. The van der Waals surface area contributed by atoms with Crippen LogP contribution in [-0.2, 0) is 6.42 Å². The van der Waals surface area contributed by atoms with E-state index in [4.69, 9.17) is 17.0 Å². The molecule has 2 aromatic carbocycles. The first-order valence-corrected chi connectivity index (χ1v) is 8.18. The highest BCUT2D eigenvalue weighted by molar-refractivity contribution is 7.81. The number of benzene rings is 2. The van der Waals surface area contributed by atoms with Gasteiger partial charge in [-0.25, -0.2) is 0 Å². The summed E-state index contributed by atoms with van der Waals surface area (Å²) < 4.78 is 5.75. The minimum Gasteiger partial charge on any atom is -0.494 e. The molecule has 0 spiro atoms. The van der Waals surface area contributed by atoms with Crippen molar-refractivity contribution in [2.75, 3.05) is 6.61 Å². The first-order valence-electron chi connectivity index (χ1n) is 7.77. The summed E-state index contributed by atoms with van der Waals surface area (Å²) >= 11 is 5.45. The molecule has 0 radical (unpaired) electrons. The maximum absolute atomic E-state index is 5.75. The normalized spacial score (nSPS) is 10.8. The van der Waals surface area contributed by atoms with Crippen LogP contribution >= 0.6 is 12.2 Å². The van der Waals surface area contributed by atoms with Gasteiger partial charge >= 0.3 is 0 Å². The second kappa shape index (κ2) is 8.50. The highest BCUT2D eigenvalue weighted by Gasteiger charge is 2.03. The number of hydrogen-bond acceptors (Lipinski definition) is 2. The van der Waals surface area contributed by atoms with E-state index in [1.165, 1.54) is 5.56 Å². The number of thiocarbonyl (C=S) groups is 1. The van der Waals surface area contributed by atoms with E-state index in [1.54, 1.807) is 0 Å². The van der Waals surface area contributed by atoms with Crippen LogP contribution in [0.25, 0.3) is 6.08 Å². The molecule has 0 aliphatic rings. The van der Waals surface area contributed by atoms with Crippen molar-refractivity contribution in [3.8, 4) is 5.75 Å². The van der Waals surface area contributed by atoms with Crippen molar-refractivity contribution in [1.82, 2.24) is 0 Å². The van der Waals surface area contributed by atoms with Gasteiger partial charge in [-0.1, -0.05) is 74.1 Å². The third-order valence-electron chi connectivity index (χ3n) is 3.40. The van der Waals surface area contributed by atoms with E-state index in [1.807, 2.05) is 49.4 Å². The summed E-state index contributed by atoms with van der Waals surface area (Å²) in [5.74, 6) is 0.983. The highest BCUT2D eigenvalue weighted by Crippen LogP contribution is 2.23. The van der Waals surface area contributed by atoms with Crippen LogP contribution in [0.4, 0.5) is 0 Å². The second-order valence-corrected chi connectivity index (χ2v) is 5.55. The third kappa shape index (κ3) is 4.54. The number of allylic oxidation sites excluding steroid dienone is 1. The average Bonchev–Trinajstić information content (AvgIpc) is 2.56. The molecule has 0 atom stereocenters. The van der Waals surface area contributed by atoms with Gasteiger partial charge in [0, 0.05) is 4.86 Å². The molecule has 0 saturated heterocycles. The average molecular weight is 310 g/mol. The molecule has 0 unspecified atom stereocenters. The molecular weight excluding hydrogens is 288 g/mol. The van der Waals surface area contributed by atoms with Crippen molar-refractivity contribution in [2.24, 2.45) is 0 Å². The summed E-state index contributed by atoms with van der Waals surface area (Å²) in [5.41, 5.74) is 3.45. The van der Waals surface area contributed by atoms with E-state index in [2.05, 4.69) is 25.1 Å². The largest absolute Gasteiger partial charge is 0.494 e. The van der Waals surface area contributed by atoms with Crippen LogP contribution in [0.5, 0.6) is 5.75 Å². The molecule has 2 aromatic rings. The molecule has 2 heteroatoms. The number of ether oxygens (including phenoxy) is 1. The van der Waals surface area contributed by atoms with E-state index < -0.39 is 0 Å². The Balaban J connectivity index is 2.17. The monoisotopic (exact) mass is 310 g/mol. The number of aryl methyl sites for hydroxylation is 1. The lowest BCUT2D eigenvalue weighted by Crippen LogP contribution is -1.97. The molecule has 0 aromatic heterocycles. The molecule has 0 aliphatic carbocycles. The lowest BCUT2D eigenvalue weighted by Gasteiger charge is -2.10. The van der Waals surface area contributed by atoms with Gasteiger partial charge in [-0.3, -0.25) is 0 Å². The van der Waals surface area contributed by atoms with Gasteiger partial charge in [-0.2, -0.15) is 0 Å². The Morgan fingerprint density at radius 3 is 2.55 bits per heavy atom. The molecular formula is C20H22OS. The minimum absolute atomic E-state index is 0.687. The smallest absolute Gasteiger partial charge is 0.123 e. The quantitative estimate of drug-likeness (QED) is 0.381. The molecule has 114 valence electrons. The maximum Gasteiger partial charge on any atom is 0.123 e. The number of hydrogen-bond donors (Lipinski definition) is 0. The van der Waals surface area contributed by atoms with Gasteiger partial charge in [0.05, 0.1) is 6.61 Å². The molecule has 0 aliphatic heterocycles. The van der Waals surface area contributed by atoms with Gasteiger partial charge in [0.15, 0.2) is 0 Å².